The lowest BCUT2D eigenvalue weighted by Crippen LogP contribution is -2.38. The second-order valence-corrected chi connectivity index (χ2v) is 6.31. The zero-order valence-corrected chi connectivity index (χ0v) is 14.3. The van der Waals surface area contributed by atoms with Gasteiger partial charge in [-0.2, -0.15) is 0 Å². The second-order valence-electron chi connectivity index (χ2n) is 6.31. The van der Waals surface area contributed by atoms with Crippen LogP contribution < -0.4 is 0 Å². The van der Waals surface area contributed by atoms with E-state index in [-0.39, 0.29) is 30.2 Å². The zero-order valence-electron chi connectivity index (χ0n) is 14.3. The molecule has 0 aliphatic carbocycles. The summed E-state index contributed by atoms with van der Waals surface area (Å²) in [5.74, 6) is 0.0891. The minimum Gasteiger partial charge on any atom is -0.469 e. The molecule has 1 saturated heterocycles. The van der Waals surface area contributed by atoms with Crippen LogP contribution in [0.2, 0.25) is 0 Å². The highest BCUT2D eigenvalue weighted by Crippen LogP contribution is 2.31. The highest BCUT2D eigenvalue weighted by molar-refractivity contribution is 5.78. The third-order valence-corrected chi connectivity index (χ3v) is 4.60. The Bertz CT molecular complexity index is 774. The first-order valence-electron chi connectivity index (χ1n) is 8.60. The number of fused-ring (bicyclic) bond motifs is 1. The van der Waals surface area contributed by atoms with Gasteiger partial charge in [-0.3, -0.25) is 9.59 Å². The average molecular weight is 347 g/mol. The van der Waals surface area contributed by atoms with Crippen molar-refractivity contribution in [3.05, 3.63) is 29.8 Å². The fraction of sp³-hybridized carbons (Fsp3) is 0.500. The SMILES string of the molecule is COC(=O)CCCC(=O)N1CCCCC1c1nc2ccc(F)cc2[nH]1. The maximum atomic E-state index is 13.4. The van der Waals surface area contributed by atoms with Crippen LogP contribution in [0.3, 0.4) is 0 Å². The van der Waals surface area contributed by atoms with Gasteiger partial charge in [-0.25, -0.2) is 9.37 Å². The van der Waals surface area contributed by atoms with Crippen LogP contribution in [0.1, 0.15) is 50.4 Å². The van der Waals surface area contributed by atoms with Crippen molar-refractivity contribution in [2.45, 2.75) is 44.6 Å². The van der Waals surface area contributed by atoms with E-state index in [2.05, 4.69) is 14.7 Å². The summed E-state index contributed by atoms with van der Waals surface area (Å²) in [6.07, 6.45) is 3.81. The zero-order chi connectivity index (χ0) is 17.8. The molecule has 3 rings (SSSR count). The van der Waals surface area contributed by atoms with Crippen molar-refractivity contribution in [1.29, 1.82) is 0 Å². The number of amides is 1. The van der Waals surface area contributed by atoms with Gasteiger partial charge in [0.25, 0.3) is 0 Å². The number of esters is 1. The first-order chi connectivity index (χ1) is 12.1. The van der Waals surface area contributed by atoms with Crippen LogP contribution in [0.15, 0.2) is 18.2 Å². The van der Waals surface area contributed by atoms with Crippen molar-refractivity contribution >= 4 is 22.9 Å². The van der Waals surface area contributed by atoms with Gasteiger partial charge in [-0.05, 0) is 43.9 Å². The number of aromatic amines is 1. The predicted molar refractivity (Wildman–Crippen MR) is 90.2 cm³/mol. The number of methoxy groups -OCH3 is 1. The van der Waals surface area contributed by atoms with Crippen LogP contribution in [0.4, 0.5) is 4.39 Å². The Morgan fingerprint density at radius 3 is 3.00 bits per heavy atom. The molecule has 25 heavy (non-hydrogen) atoms. The Labute approximate surface area is 145 Å². The lowest BCUT2D eigenvalue weighted by Gasteiger charge is -2.34. The summed E-state index contributed by atoms with van der Waals surface area (Å²) in [5.41, 5.74) is 1.33. The molecule has 1 aliphatic rings. The molecular formula is C18H22FN3O3. The molecule has 2 aromatic rings. The first-order valence-corrected chi connectivity index (χ1v) is 8.60. The number of ether oxygens (including phenoxy) is 1. The minimum absolute atomic E-state index is 0.0141. The smallest absolute Gasteiger partial charge is 0.305 e. The molecule has 0 spiro atoms. The predicted octanol–water partition coefficient (Wildman–Crippen LogP) is 3.10. The van der Waals surface area contributed by atoms with Crippen LogP contribution in [-0.2, 0) is 14.3 Å². The number of carbonyl (C=O) groups excluding carboxylic acids is 2. The summed E-state index contributed by atoms with van der Waals surface area (Å²) in [6, 6.07) is 4.30. The van der Waals surface area contributed by atoms with Gasteiger partial charge in [-0.15, -0.1) is 0 Å². The summed E-state index contributed by atoms with van der Waals surface area (Å²) in [6.45, 7) is 0.674. The third-order valence-electron chi connectivity index (χ3n) is 4.60. The molecular weight excluding hydrogens is 325 g/mol. The summed E-state index contributed by atoms with van der Waals surface area (Å²) >= 11 is 0. The normalized spacial score (nSPS) is 17.7. The quantitative estimate of drug-likeness (QED) is 0.844. The van der Waals surface area contributed by atoms with Gasteiger partial charge < -0.3 is 14.6 Å². The van der Waals surface area contributed by atoms with Crippen molar-refractivity contribution in [2.75, 3.05) is 13.7 Å². The van der Waals surface area contributed by atoms with Crippen LogP contribution in [-0.4, -0.2) is 40.4 Å². The van der Waals surface area contributed by atoms with Crippen molar-refractivity contribution in [3.63, 3.8) is 0 Å². The topological polar surface area (TPSA) is 75.3 Å². The fourth-order valence-corrected chi connectivity index (χ4v) is 3.30. The summed E-state index contributed by atoms with van der Waals surface area (Å²) in [5, 5.41) is 0. The number of hydrogen-bond acceptors (Lipinski definition) is 4. The van der Waals surface area contributed by atoms with Gasteiger partial charge in [-0.1, -0.05) is 0 Å². The second kappa shape index (κ2) is 7.63. The van der Waals surface area contributed by atoms with Crippen LogP contribution in [0.25, 0.3) is 11.0 Å². The Morgan fingerprint density at radius 2 is 2.20 bits per heavy atom. The molecule has 1 fully saturated rings. The van der Waals surface area contributed by atoms with Crippen molar-refractivity contribution in [1.82, 2.24) is 14.9 Å². The third kappa shape index (κ3) is 3.97. The van der Waals surface area contributed by atoms with Gasteiger partial charge in [0, 0.05) is 19.4 Å². The van der Waals surface area contributed by atoms with E-state index in [0.717, 1.165) is 19.3 Å². The number of nitrogens with zero attached hydrogens (tertiary/aromatic N) is 2. The van der Waals surface area contributed by atoms with E-state index >= 15 is 0 Å². The Balaban J connectivity index is 1.73. The van der Waals surface area contributed by atoms with Crippen molar-refractivity contribution in [2.24, 2.45) is 0 Å². The molecule has 0 bridgehead atoms. The average Bonchev–Trinajstić information content (AvgIpc) is 3.04. The van der Waals surface area contributed by atoms with E-state index in [1.165, 1.54) is 19.2 Å². The van der Waals surface area contributed by atoms with E-state index in [1.807, 2.05) is 4.90 Å². The number of aromatic nitrogens is 2. The van der Waals surface area contributed by atoms with Gasteiger partial charge in [0.2, 0.25) is 5.91 Å². The summed E-state index contributed by atoms with van der Waals surface area (Å²) in [7, 11) is 1.34. The molecule has 1 atom stereocenters. The van der Waals surface area contributed by atoms with Gasteiger partial charge in [0.1, 0.15) is 11.6 Å². The Hall–Kier alpha value is -2.44. The Kier molecular flexibility index (Phi) is 5.31. The molecule has 1 unspecified atom stereocenters. The van der Waals surface area contributed by atoms with Crippen LogP contribution in [0, 0.1) is 5.82 Å². The van der Waals surface area contributed by atoms with Crippen molar-refractivity contribution in [3.8, 4) is 0 Å². The molecule has 0 saturated carbocycles. The number of piperidine rings is 1. The number of H-pyrrole nitrogens is 1. The highest BCUT2D eigenvalue weighted by atomic mass is 19.1. The van der Waals surface area contributed by atoms with Gasteiger partial charge >= 0.3 is 5.97 Å². The maximum absolute atomic E-state index is 13.4. The van der Waals surface area contributed by atoms with Crippen LogP contribution >= 0.6 is 0 Å². The number of benzene rings is 1. The number of imidazole rings is 1. The lowest BCUT2D eigenvalue weighted by atomic mass is 10.0. The molecule has 2 heterocycles. The maximum Gasteiger partial charge on any atom is 0.305 e. The summed E-state index contributed by atoms with van der Waals surface area (Å²) in [4.78, 5) is 33.3. The van der Waals surface area contributed by atoms with E-state index in [4.69, 9.17) is 0 Å². The van der Waals surface area contributed by atoms with Gasteiger partial charge in [0.05, 0.1) is 24.2 Å². The molecule has 7 heteroatoms. The summed E-state index contributed by atoms with van der Waals surface area (Å²) < 4.78 is 18.0. The van der Waals surface area contributed by atoms with E-state index in [9.17, 15) is 14.0 Å². The fourth-order valence-electron chi connectivity index (χ4n) is 3.30. The molecule has 1 aliphatic heterocycles. The van der Waals surface area contributed by atoms with Crippen LogP contribution in [0.5, 0.6) is 0 Å². The molecule has 1 N–H and O–H groups in total. The molecule has 0 radical (unpaired) electrons. The molecule has 134 valence electrons. The Morgan fingerprint density at radius 1 is 1.36 bits per heavy atom. The minimum atomic E-state index is -0.318. The first kappa shape index (κ1) is 17.4. The number of rotatable bonds is 5. The molecule has 1 amide bonds. The number of hydrogen-bond donors (Lipinski definition) is 1. The lowest BCUT2D eigenvalue weighted by molar-refractivity contribution is -0.141. The molecule has 6 nitrogen and oxygen atoms in total. The monoisotopic (exact) mass is 347 g/mol. The molecule has 1 aromatic heterocycles. The molecule has 1 aromatic carbocycles. The number of carbonyl (C=O) groups is 2. The number of likely N-dealkylation sites (tertiary alicyclic amines) is 1. The van der Waals surface area contributed by atoms with E-state index in [0.29, 0.717) is 36.2 Å². The highest BCUT2D eigenvalue weighted by Gasteiger charge is 2.30. The van der Waals surface area contributed by atoms with E-state index < -0.39 is 0 Å². The van der Waals surface area contributed by atoms with Gasteiger partial charge in [0.15, 0.2) is 0 Å². The van der Waals surface area contributed by atoms with Crippen molar-refractivity contribution < 1.29 is 18.7 Å². The number of nitrogens with one attached hydrogen (secondary N) is 1. The number of halogens is 1. The standard InChI is InChI=1S/C18H22FN3O3/c1-25-17(24)7-4-6-16(23)22-10-3-2-5-15(22)18-20-13-9-8-12(19)11-14(13)21-18/h8-9,11,15H,2-7,10H2,1H3,(H,20,21). The van der Waals surface area contributed by atoms with E-state index in [1.54, 1.807) is 6.07 Å². The largest absolute Gasteiger partial charge is 0.469 e.